The van der Waals surface area contributed by atoms with Crippen LogP contribution in [0.5, 0.6) is 11.5 Å². The van der Waals surface area contributed by atoms with E-state index in [2.05, 4.69) is 32.5 Å². The van der Waals surface area contributed by atoms with Gasteiger partial charge in [0.05, 0.1) is 19.2 Å². The van der Waals surface area contributed by atoms with Crippen molar-refractivity contribution in [3.05, 3.63) is 52.5 Å². The highest BCUT2D eigenvalue weighted by atomic mass is 79.9. The van der Waals surface area contributed by atoms with E-state index >= 15 is 0 Å². The molecule has 0 saturated carbocycles. The highest BCUT2D eigenvalue weighted by molar-refractivity contribution is 9.10. The predicted octanol–water partition coefficient (Wildman–Crippen LogP) is 2.38. The molecule has 9 heteroatoms. The molecule has 0 aliphatic heterocycles. The van der Waals surface area contributed by atoms with Crippen LogP contribution in [-0.4, -0.2) is 44.7 Å². The predicted molar refractivity (Wildman–Crippen MR) is 113 cm³/mol. The van der Waals surface area contributed by atoms with Crippen molar-refractivity contribution in [2.45, 2.75) is 0 Å². The summed E-state index contributed by atoms with van der Waals surface area (Å²) >= 11 is 3.32. The Morgan fingerprint density at radius 2 is 1.77 bits per heavy atom. The zero-order valence-corrected chi connectivity index (χ0v) is 17.7. The molecule has 0 atom stereocenters. The van der Waals surface area contributed by atoms with E-state index in [1.807, 2.05) is 0 Å². The third-order valence-electron chi connectivity index (χ3n) is 3.61. The van der Waals surface area contributed by atoms with Crippen molar-refractivity contribution in [1.29, 1.82) is 0 Å². The fraction of sp³-hybridized carbons (Fsp3) is 0.190. The number of carbonyl (C=O) groups excluding carboxylic acids is 3. The first kappa shape index (κ1) is 22.8. The average Bonchev–Trinajstić information content (AvgIpc) is 2.76. The fourth-order valence-electron chi connectivity index (χ4n) is 2.20. The van der Waals surface area contributed by atoms with Gasteiger partial charge in [0.15, 0.2) is 24.7 Å². The summed E-state index contributed by atoms with van der Waals surface area (Å²) in [6.45, 7) is -0.672. The molecule has 0 aliphatic carbocycles. The number of benzene rings is 2. The quantitative estimate of drug-likeness (QED) is 0.427. The standard InChI is InChI=1S/C21H19BrN2O6/c1-3-10-23-19(25)12-30-21(27)14-4-9-17(18(11-14)28-2)29-13-20(26)24-16-7-5-15(22)6-8-16/h1,4-9,11H,10,12-13H2,2H3,(H,23,25)(H,24,26). The van der Waals surface area contributed by atoms with Gasteiger partial charge in [-0.25, -0.2) is 4.79 Å². The molecule has 0 saturated heterocycles. The molecule has 30 heavy (non-hydrogen) atoms. The molecule has 0 unspecified atom stereocenters. The second kappa shape index (κ2) is 11.5. The van der Waals surface area contributed by atoms with Crippen molar-refractivity contribution < 1.29 is 28.6 Å². The van der Waals surface area contributed by atoms with Gasteiger partial charge in [0.2, 0.25) is 0 Å². The summed E-state index contributed by atoms with van der Waals surface area (Å²) in [7, 11) is 1.40. The van der Waals surface area contributed by atoms with Gasteiger partial charge in [0, 0.05) is 10.2 Å². The number of hydrogen-bond acceptors (Lipinski definition) is 6. The maximum Gasteiger partial charge on any atom is 0.338 e. The summed E-state index contributed by atoms with van der Waals surface area (Å²) in [6.07, 6.45) is 5.03. The lowest BCUT2D eigenvalue weighted by Crippen LogP contribution is -2.29. The Bertz CT molecular complexity index is 953. The van der Waals surface area contributed by atoms with Crippen LogP contribution in [0.2, 0.25) is 0 Å². The van der Waals surface area contributed by atoms with Crippen molar-refractivity contribution in [2.75, 3.05) is 32.2 Å². The van der Waals surface area contributed by atoms with Gasteiger partial charge in [-0.15, -0.1) is 6.42 Å². The maximum atomic E-state index is 12.1. The second-order valence-electron chi connectivity index (χ2n) is 5.77. The number of carbonyl (C=O) groups is 3. The van der Waals surface area contributed by atoms with Gasteiger partial charge >= 0.3 is 5.97 Å². The Morgan fingerprint density at radius 1 is 1.03 bits per heavy atom. The van der Waals surface area contributed by atoms with Crippen LogP contribution in [-0.2, 0) is 14.3 Å². The zero-order chi connectivity index (χ0) is 21.9. The Morgan fingerprint density at radius 3 is 2.43 bits per heavy atom. The number of ether oxygens (including phenoxy) is 3. The smallest absolute Gasteiger partial charge is 0.338 e. The van der Waals surface area contributed by atoms with E-state index in [0.29, 0.717) is 5.69 Å². The molecular weight excluding hydrogens is 456 g/mol. The molecule has 2 rings (SSSR count). The first-order valence-electron chi connectivity index (χ1n) is 8.66. The molecule has 0 fully saturated rings. The molecule has 0 radical (unpaired) electrons. The molecule has 2 aromatic carbocycles. The summed E-state index contributed by atoms with van der Waals surface area (Å²) in [4.78, 5) is 35.6. The summed E-state index contributed by atoms with van der Waals surface area (Å²) in [6, 6.07) is 11.4. The topological polar surface area (TPSA) is 103 Å². The summed E-state index contributed by atoms with van der Waals surface area (Å²) in [5.41, 5.74) is 0.784. The van der Waals surface area contributed by atoms with Crippen molar-refractivity contribution >= 4 is 39.4 Å². The molecule has 0 spiro atoms. The van der Waals surface area contributed by atoms with Crippen LogP contribution in [0.25, 0.3) is 0 Å². The van der Waals surface area contributed by atoms with Crippen LogP contribution in [0.3, 0.4) is 0 Å². The molecule has 0 heterocycles. The largest absolute Gasteiger partial charge is 0.493 e. The van der Waals surface area contributed by atoms with Crippen LogP contribution < -0.4 is 20.1 Å². The molecule has 0 bridgehead atoms. The Kier molecular flexibility index (Phi) is 8.72. The number of rotatable bonds is 9. The number of esters is 1. The van der Waals surface area contributed by atoms with Gasteiger partial charge in [-0.2, -0.15) is 0 Å². The van der Waals surface area contributed by atoms with Crippen molar-refractivity contribution in [3.63, 3.8) is 0 Å². The van der Waals surface area contributed by atoms with E-state index in [9.17, 15) is 14.4 Å². The van der Waals surface area contributed by atoms with Gasteiger partial charge in [0.1, 0.15) is 0 Å². The van der Waals surface area contributed by atoms with Gasteiger partial charge in [-0.05, 0) is 42.5 Å². The van der Waals surface area contributed by atoms with Crippen LogP contribution in [0, 0.1) is 12.3 Å². The van der Waals surface area contributed by atoms with Crippen LogP contribution >= 0.6 is 15.9 Å². The van der Waals surface area contributed by atoms with Gasteiger partial charge in [-0.1, -0.05) is 21.9 Å². The number of amides is 2. The lowest BCUT2D eigenvalue weighted by atomic mass is 10.2. The Balaban J connectivity index is 1.92. The maximum absolute atomic E-state index is 12.1. The van der Waals surface area contributed by atoms with Crippen LogP contribution in [0.15, 0.2) is 46.9 Å². The number of methoxy groups -OCH3 is 1. The molecule has 2 aromatic rings. The first-order chi connectivity index (χ1) is 14.4. The third-order valence-corrected chi connectivity index (χ3v) is 4.14. The summed E-state index contributed by atoms with van der Waals surface area (Å²) in [5, 5.41) is 5.08. The number of terminal acetylenes is 1. The molecule has 2 N–H and O–H groups in total. The minimum Gasteiger partial charge on any atom is -0.493 e. The summed E-state index contributed by atoms with van der Waals surface area (Å²) in [5.74, 6) is 1.16. The van der Waals surface area contributed by atoms with Crippen molar-refractivity contribution in [1.82, 2.24) is 5.32 Å². The van der Waals surface area contributed by atoms with Crippen molar-refractivity contribution in [2.24, 2.45) is 0 Å². The van der Waals surface area contributed by atoms with E-state index in [1.165, 1.54) is 25.3 Å². The lowest BCUT2D eigenvalue weighted by molar-refractivity contribution is -0.124. The molecule has 8 nitrogen and oxygen atoms in total. The minimum atomic E-state index is -0.719. The number of anilines is 1. The Hall–Kier alpha value is -3.51. The van der Waals surface area contributed by atoms with E-state index < -0.39 is 18.5 Å². The van der Waals surface area contributed by atoms with E-state index in [-0.39, 0.29) is 36.1 Å². The highest BCUT2D eigenvalue weighted by Gasteiger charge is 2.15. The number of hydrogen-bond donors (Lipinski definition) is 2. The van der Waals surface area contributed by atoms with Crippen molar-refractivity contribution in [3.8, 4) is 23.8 Å². The van der Waals surface area contributed by atoms with Gasteiger partial charge in [-0.3, -0.25) is 9.59 Å². The Labute approximate surface area is 182 Å². The SMILES string of the molecule is C#CCNC(=O)COC(=O)c1ccc(OCC(=O)Nc2ccc(Br)cc2)c(OC)c1. The van der Waals surface area contributed by atoms with E-state index in [0.717, 1.165) is 4.47 Å². The minimum absolute atomic E-state index is 0.0473. The van der Waals surface area contributed by atoms with Crippen LogP contribution in [0.1, 0.15) is 10.4 Å². The highest BCUT2D eigenvalue weighted by Crippen LogP contribution is 2.28. The first-order valence-corrected chi connectivity index (χ1v) is 9.45. The molecule has 2 amide bonds. The van der Waals surface area contributed by atoms with E-state index in [4.69, 9.17) is 20.6 Å². The van der Waals surface area contributed by atoms with Gasteiger partial charge < -0.3 is 24.8 Å². The molecule has 0 aromatic heterocycles. The fourth-order valence-corrected chi connectivity index (χ4v) is 2.47. The average molecular weight is 475 g/mol. The molecule has 156 valence electrons. The number of nitrogens with one attached hydrogen (secondary N) is 2. The number of halogens is 1. The summed E-state index contributed by atoms with van der Waals surface area (Å²) < 4.78 is 16.5. The van der Waals surface area contributed by atoms with E-state index in [1.54, 1.807) is 24.3 Å². The monoisotopic (exact) mass is 474 g/mol. The second-order valence-corrected chi connectivity index (χ2v) is 6.68. The third kappa shape index (κ3) is 7.14. The molecule has 0 aliphatic rings. The zero-order valence-electron chi connectivity index (χ0n) is 16.1. The molecular formula is C21H19BrN2O6. The van der Waals surface area contributed by atoms with Gasteiger partial charge in [0.25, 0.3) is 11.8 Å². The lowest BCUT2D eigenvalue weighted by Gasteiger charge is -2.12. The normalized spacial score (nSPS) is 9.77. The van der Waals surface area contributed by atoms with Crippen LogP contribution in [0.4, 0.5) is 5.69 Å².